The largest absolute Gasteiger partial charge is 0.413 e. The van der Waals surface area contributed by atoms with Crippen LogP contribution in [-0.2, 0) is 11.0 Å². The molecule has 0 radical (unpaired) electrons. The number of rotatable bonds is 4. The zero-order valence-corrected chi connectivity index (χ0v) is 20.4. The van der Waals surface area contributed by atoms with Gasteiger partial charge in [0.1, 0.15) is 0 Å². The molecular weight excluding hydrogens is 467 g/mol. The van der Waals surface area contributed by atoms with E-state index in [1.165, 1.54) is 35.2 Å². The lowest BCUT2D eigenvalue weighted by Crippen LogP contribution is -2.40. The molecule has 138 valence electrons. The van der Waals surface area contributed by atoms with Crippen LogP contribution in [0.5, 0.6) is 0 Å². The van der Waals surface area contributed by atoms with Gasteiger partial charge in [-0.1, -0.05) is 51.1 Å². The molecule has 1 nitrogen and oxygen atoms in total. The van der Waals surface area contributed by atoms with Gasteiger partial charge in [0.2, 0.25) is 0 Å². The number of halogens is 1. The molecule has 4 heteroatoms. The average Bonchev–Trinajstić information content (AvgIpc) is 2.87. The maximum absolute atomic E-state index is 6.45. The van der Waals surface area contributed by atoms with Crippen LogP contribution in [0, 0.1) is 9.81 Å². The van der Waals surface area contributed by atoms with Crippen LogP contribution in [0.1, 0.15) is 31.9 Å². The molecule has 0 N–H and O–H groups in total. The molecule has 0 unspecified atom stereocenters. The highest BCUT2D eigenvalue weighted by Crippen LogP contribution is 2.42. The Labute approximate surface area is 176 Å². The molecule has 0 saturated heterocycles. The lowest BCUT2D eigenvalue weighted by atomic mass is 9.99. The van der Waals surface area contributed by atoms with Crippen molar-refractivity contribution in [3.63, 3.8) is 0 Å². The Kier molecular flexibility index (Phi) is 5.69. The van der Waals surface area contributed by atoms with Gasteiger partial charge in [0.15, 0.2) is 8.32 Å². The van der Waals surface area contributed by atoms with E-state index in [2.05, 4.69) is 106 Å². The molecule has 0 spiro atoms. The van der Waals surface area contributed by atoms with E-state index in [0.717, 1.165) is 0 Å². The van der Waals surface area contributed by atoms with E-state index in [9.17, 15) is 0 Å². The minimum absolute atomic E-state index is 0.237. The van der Waals surface area contributed by atoms with Crippen LogP contribution in [0.25, 0.3) is 21.2 Å². The van der Waals surface area contributed by atoms with Crippen LogP contribution >= 0.6 is 33.9 Å². The summed E-state index contributed by atoms with van der Waals surface area (Å²) in [4.78, 5) is 0. The molecule has 0 aliphatic heterocycles. The summed E-state index contributed by atoms with van der Waals surface area (Å²) in [6, 6.07) is 15.5. The van der Waals surface area contributed by atoms with Crippen LogP contribution in [0.4, 0.5) is 0 Å². The highest BCUT2D eigenvalue weighted by Gasteiger charge is 2.37. The fourth-order valence-electron chi connectivity index (χ4n) is 2.79. The maximum Gasteiger partial charge on any atom is 0.192 e. The third kappa shape index (κ3) is 3.93. The highest BCUT2D eigenvalue weighted by molar-refractivity contribution is 14.1. The number of hydrogen-bond donors (Lipinski definition) is 0. The van der Waals surface area contributed by atoms with Crippen LogP contribution in [-0.4, -0.2) is 8.32 Å². The number of benzene rings is 2. The second kappa shape index (κ2) is 7.38. The van der Waals surface area contributed by atoms with Crippen molar-refractivity contribution in [2.24, 2.45) is 0 Å². The van der Waals surface area contributed by atoms with E-state index in [0.29, 0.717) is 6.61 Å². The minimum Gasteiger partial charge on any atom is -0.413 e. The van der Waals surface area contributed by atoms with E-state index in [-0.39, 0.29) is 5.04 Å². The van der Waals surface area contributed by atoms with Crippen molar-refractivity contribution in [3.05, 3.63) is 56.5 Å². The summed E-state index contributed by atoms with van der Waals surface area (Å²) in [5.74, 6) is 0. The molecule has 0 atom stereocenters. The van der Waals surface area contributed by atoms with E-state index in [4.69, 9.17) is 4.43 Å². The average molecular weight is 495 g/mol. The summed E-state index contributed by atoms with van der Waals surface area (Å²) in [5.41, 5.74) is 5.31. The van der Waals surface area contributed by atoms with Crippen LogP contribution < -0.4 is 0 Å². The molecule has 0 saturated carbocycles. The molecule has 26 heavy (non-hydrogen) atoms. The van der Waals surface area contributed by atoms with Crippen molar-refractivity contribution in [1.82, 2.24) is 0 Å². The predicted octanol–water partition coefficient (Wildman–Crippen LogP) is 8.00. The van der Waals surface area contributed by atoms with Crippen molar-refractivity contribution in [2.45, 2.75) is 52.4 Å². The second-order valence-corrected chi connectivity index (χ2v) is 16.1. The van der Waals surface area contributed by atoms with Gasteiger partial charge >= 0.3 is 0 Å². The van der Waals surface area contributed by atoms with E-state index >= 15 is 0 Å². The molecule has 0 aliphatic rings. The Balaban J connectivity index is 1.99. The predicted molar refractivity (Wildman–Crippen MR) is 127 cm³/mol. The number of aryl methyl sites for hydroxylation is 1. The van der Waals surface area contributed by atoms with Crippen molar-refractivity contribution in [2.75, 3.05) is 0 Å². The molecule has 3 rings (SSSR count). The first-order valence-electron chi connectivity index (χ1n) is 9.01. The van der Waals surface area contributed by atoms with E-state index < -0.39 is 8.32 Å². The molecule has 3 aromatic rings. The van der Waals surface area contributed by atoms with Crippen molar-refractivity contribution >= 4 is 52.3 Å². The molecule has 1 heterocycles. The topological polar surface area (TPSA) is 9.23 Å². The number of thiophene rings is 1. The fourth-order valence-corrected chi connectivity index (χ4v) is 5.96. The van der Waals surface area contributed by atoms with Crippen LogP contribution in [0.2, 0.25) is 18.1 Å². The van der Waals surface area contributed by atoms with Gasteiger partial charge in [-0.2, -0.15) is 0 Å². The molecular formula is C22H27IOSSi. The van der Waals surface area contributed by atoms with Gasteiger partial charge in [0, 0.05) is 15.6 Å². The highest BCUT2D eigenvalue weighted by atomic mass is 127. The second-order valence-electron chi connectivity index (χ2n) is 8.45. The summed E-state index contributed by atoms with van der Waals surface area (Å²) in [6.07, 6.45) is 0. The molecule has 1 aromatic heterocycles. The van der Waals surface area contributed by atoms with Gasteiger partial charge in [-0.25, -0.2) is 0 Å². The van der Waals surface area contributed by atoms with Crippen LogP contribution in [0.15, 0.2) is 42.5 Å². The molecule has 2 aromatic carbocycles. The van der Waals surface area contributed by atoms with Gasteiger partial charge in [-0.15, -0.1) is 11.3 Å². The Morgan fingerprint density at radius 1 is 1.08 bits per heavy atom. The molecule has 0 aliphatic carbocycles. The standard InChI is InChI=1S/C22H27IOSSi/c1-15-9-7-8-10-17(15)20-18-13-16(11-12-19(18)25-21(20)23)14-24-26(5,6)22(2,3)4/h7-13H,14H2,1-6H3. The van der Waals surface area contributed by atoms with Crippen molar-refractivity contribution in [3.8, 4) is 11.1 Å². The Hall–Kier alpha value is -0.693. The third-order valence-corrected chi connectivity index (χ3v) is 12.2. The summed E-state index contributed by atoms with van der Waals surface area (Å²) >= 11 is 4.36. The number of hydrogen-bond acceptors (Lipinski definition) is 2. The maximum atomic E-state index is 6.45. The minimum atomic E-state index is -1.74. The van der Waals surface area contributed by atoms with Gasteiger partial charge in [0.25, 0.3) is 0 Å². The summed E-state index contributed by atoms with van der Waals surface area (Å²) in [6.45, 7) is 14.4. The van der Waals surface area contributed by atoms with Crippen molar-refractivity contribution < 1.29 is 4.43 Å². The lowest BCUT2D eigenvalue weighted by molar-refractivity contribution is 0.276. The summed E-state index contributed by atoms with van der Waals surface area (Å²) in [5, 5.41) is 1.59. The number of fused-ring (bicyclic) bond motifs is 1. The molecule has 0 amide bonds. The van der Waals surface area contributed by atoms with Gasteiger partial charge in [-0.05, 0) is 76.5 Å². The monoisotopic (exact) mass is 494 g/mol. The first kappa shape index (κ1) is 20.1. The normalized spacial score (nSPS) is 12.7. The zero-order chi connectivity index (χ0) is 19.1. The quantitative estimate of drug-likeness (QED) is 0.264. The zero-order valence-electron chi connectivity index (χ0n) is 16.4. The Bertz CT molecular complexity index is 937. The summed E-state index contributed by atoms with van der Waals surface area (Å²) < 4.78 is 9.15. The Morgan fingerprint density at radius 3 is 2.42 bits per heavy atom. The van der Waals surface area contributed by atoms with Gasteiger partial charge < -0.3 is 4.43 Å². The smallest absolute Gasteiger partial charge is 0.192 e. The first-order chi connectivity index (χ1) is 12.1. The van der Waals surface area contributed by atoms with Gasteiger partial charge in [-0.3, -0.25) is 0 Å². The summed E-state index contributed by atoms with van der Waals surface area (Å²) in [7, 11) is -1.74. The lowest BCUT2D eigenvalue weighted by Gasteiger charge is -2.36. The van der Waals surface area contributed by atoms with Crippen LogP contribution in [0.3, 0.4) is 0 Å². The Morgan fingerprint density at radius 2 is 1.77 bits per heavy atom. The first-order valence-corrected chi connectivity index (χ1v) is 13.8. The third-order valence-electron chi connectivity index (χ3n) is 5.53. The fraction of sp³-hybridized carbons (Fsp3) is 0.364. The van der Waals surface area contributed by atoms with Crippen molar-refractivity contribution in [1.29, 1.82) is 0 Å². The molecule has 0 fully saturated rings. The van der Waals surface area contributed by atoms with E-state index in [1.54, 1.807) is 0 Å². The van der Waals surface area contributed by atoms with Gasteiger partial charge in [0.05, 0.1) is 9.49 Å². The molecule has 0 bridgehead atoms. The SMILES string of the molecule is Cc1ccccc1-c1c(I)sc2ccc(CO[Si](C)(C)C(C)(C)C)cc12. The van der Waals surface area contributed by atoms with E-state index in [1.807, 2.05) is 11.3 Å².